The number of carbonyl (C=O) groups is 1. The van der Waals surface area contributed by atoms with Crippen LogP contribution in [0.3, 0.4) is 0 Å². The van der Waals surface area contributed by atoms with Crippen LogP contribution in [0.5, 0.6) is 0 Å². The lowest BCUT2D eigenvalue weighted by atomic mass is 10.1. The van der Waals surface area contributed by atoms with E-state index in [9.17, 15) is 9.18 Å². The minimum Gasteiger partial charge on any atom is -0.313 e. The van der Waals surface area contributed by atoms with Crippen molar-refractivity contribution in [3.63, 3.8) is 0 Å². The molecule has 0 spiro atoms. The predicted octanol–water partition coefficient (Wildman–Crippen LogP) is 2.53. The molecule has 1 rings (SSSR count). The van der Waals surface area contributed by atoms with Crippen molar-refractivity contribution >= 4 is 29.0 Å². The van der Waals surface area contributed by atoms with Crippen molar-refractivity contribution in [2.24, 2.45) is 0 Å². The first-order valence-electron chi connectivity index (χ1n) is 3.88. The second kappa shape index (κ2) is 4.73. The van der Waals surface area contributed by atoms with Gasteiger partial charge in [-0.3, -0.25) is 4.79 Å². The Kier molecular flexibility index (Phi) is 3.86. The molecule has 5 heteroatoms. The number of carbonyl (C=O) groups excluding carboxylic acids is 1. The van der Waals surface area contributed by atoms with Crippen molar-refractivity contribution in [3.8, 4) is 0 Å². The molecule has 1 N–H and O–H groups in total. The van der Waals surface area contributed by atoms with Crippen LogP contribution in [0.25, 0.3) is 0 Å². The molecule has 1 aromatic carbocycles. The summed E-state index contributed by atoms with van der Waals surface area (Å²) in [6, 6.07) is 2.27. The molecule has 0 aliphatic heterocycles. The lowest BCUT2D eigenvalue weighted by molar-refractivity contribution is 0.0993. The molecule has 0 saturated carbocycles. The van der Waals surface area contributed by atoms with Gasteiger partial charge in [0.1, 0.15) is 5.82 Å². The summed E-state index contributed by atoms with van der Waals surface area (Å²) < 4.78 is 13.0. The average molecular weight is 236 g/mol. The van der Waals surface area contributed by atoms with E-state index in [1.807, 2.05) is 0 Å². The maximum Gasteiger partial charge on any atom is 0.178 e. The number of benzene rings is 1. The first-order chi connectivity index (χ1) is 6.56. The van der Waals surface area contributed by atoms with E-state index in [0.717, 1.165) is 6.07 Å². The summed E-state index contributed by atoms with van der Waals surface area (Å²) >= 11 is 11.2. The van der Waals surface area contributed by atoms with E-state index in [1.54, 1.807) is 7.05 Å². The Hall–Kier alpha value is -0.640. The van der Waals surface area contributed by atoms with Crippen molar-refractivity contribution in [3.05, 3.63) is 33.6 Å². The predicted molar refractivity (Wildman–Crippen MR) is 54.7 cm³/mol. The molecule has 0 fully saturated rings. The zero-order valence-corrected chi connectivity index (χ0v) is 8.92. The number of hydrogen-bond acceptors (Lipinski definition) is 2. The highest BCUT2D eigenvalue weighted by atomic mass is 35.5. The monoisotopic (exact) mass is 235 g/mol. The van der Waals surface area contributed by atoms with Crippen LogP contribution in [0, 0.1) is 5.82 Å². The Bertz CT molecular complexity index is 368. The zero-order chi connectivity index (χ0) is 10.7. The van der Waals surface area contributed by atoms with Crippen molar-refractivity contribution in [1.29, 1.82) is 0 Å². The number of hydrogen-bond donors (Lipinski definition) is 1. The fourth-order valence-corrected chi connectivity index (χ4v) is 1.48. The second-order valence-corrected chi connectivity index (χ2v) is 3.51. The molecular weight excluding hydrogens is 228 g/mol. The van der Waals surface area contributed by atoms with E-state index in [0.29, 0.717) is 0 Å². The van der Waals surface area contributed by atoms with Gasteiger partial charge in [-0.25, -0.2) is 4.39 Å². The van der Waals surface area contributed by atoms with Gasteiger partial charge in [0.2, 0.25) is 0 Å². The van der Waals surface area contributed by atoms with Crippen LogP contribution in [0.15, 0.2) is 12.1 Å². The third-order valence-electron chi connectivity index (χ3n) is 1.65. The molecule has 76 valence electrons. The zero-order valence-electron chi connectivity index (χ0n) is 7.40. The Balaban J connectivity index is 3.09. The number of rotatable bonds is 3. The second-order valence-electron chi connectivity index (χ2n) is 2.70. The van der Waals surface area contributed by atoms with E-state index >= 15 is 0 Å². The molecular formula is C9H8Cl2FNO. The smallest absolute Gasteiger partial charge is 0.178 e. The van der Waals surface area contributed by atoms with E-state index < -0.39 is 5.82 Å². The number of ketones is 1. The van der Waals surface area contributed by atoms with Crippen LogP contribution in [0.1, 0.15) is 10.4 Å². The maximum atomic E-state index is 13.0. The van der Waals surface area contributed by atoms with Gasteiger partial charge in [-0.05, 0) is 19.2 Å². The Morgan fingerprint density at radius 3 is 2.64 bits per heavy atom. The highest BCUT2D eigenvalue weighted by Gasteiger charge is 2.12. The van der Waals surface area contributed by atoms with Gasteiger partial charge in [0, 0.05) is 5.56 Å². The van der Waals surface area contributed by atoms with E-state index in [-0.39, 0.29) is 27.9 Å². The average Bonchev–Trinajstić information content (AvgIpc) is 2.11. The number of likely N-dealkylation sites (N-methyl/N-ethyl adjacent to an activating group) is 1. The van der Waals surface area contributed by atoms with Crippen LogP contribution in [-0.4, -0.2) is 19.4 Å². The van der Waals surface area contributed by atoms with Gasteiger partial charge in [0.15, 0.2) is 5.78 Å². The maximum absolute atomic E-state index is 13.0. The Morgan fingerprint density at radius 1 is 1.43 bits per heavy atom. The van der Waals surface area contributed by atoms with Crippen molar-refractivity contribution in [1.82, 2.24) is 5.32 Å². The lowest BCUT2D eigenvalue weighted by Crippen LogP contribution is -2.19. The van der Waals surface area contributed by atoms with Crippen LogP contribution < -0.4 is 5.32 Å². The summed E-state index contributed by atoms with van der Waals surface area (Å²) in [7, 11) is 1.62. The third kappa shape index (κ3) is 2.44. The molecule has 0 heterocycles. The van der Waals surface area contributed by atoms with Crippen molar-refractivity contribution < 1.29 is 9.18 Å². The molecule has 0 atom stereocenters. The van der Waals surface area contributed by atoms with Gasteiger partial charge < -0.3 is 5.32 Å². The first-order valence-corrected chi connectivity index (χ1v) is 4.64. The number of Topliss-reactive ketones (excluding diaryl/α,β-unsaturated/α-hetero) is 1. The van der Waals surface area contributed by atoms with Crippen LogP contribution >= 0.6 is 23.2 Å². The van der Waals surface area contributed by atoms with Crippen LogP contribution in [-0.2, 0) is 0 Å². The SMILES string of the molecule is CNCC(=O)c1cc(F)c(Cl)cc1Cl. The molecule has 0 aromatic heterocycles. The molecule has 2 nitrogen and oxygen atoms in total. The molecule has 1 aromatic rings. The normalized spacial score (nSPS) is 10.3. The minimum atomic E-state index is -0.643. The van der Waals surface area contributed by atoms with Gasteiger partial charge in [-0.1, -0.05) is 23.2 Å². The topological polar surface area (TPSA) is 29.1 Å². The Labute approximate surface area is 91.0 Å². The van der Waals surface area contributed by atoms with Gasteiger partial charge in [-0.2, -0.15) is 0 Å². The molecule has 0 aliphatic rings. The van der Waals surface area contributed by atoms with Gasteiger partial charge >= 0.3 is 0 Å². The summed E-state index contributed by atoms with van der Waals surface area (Å²) in [6.45, 7) is 0.112. The highest BCUT2D eigenvalue weighted by molar-refractivity contribution is 6.37. The standard InChI is InChI=1S/C9H8Cl2FNO/c1-13-4-9(14)5-2-8(12)7(11)3-6(5)10/h2-3,13H,4H2,1H3. The van der Waals surface area contributed by atoms with E-state index in [1.165, 1.54) is 6.07 Å². The minimum absolute atomic E-state index is 0.0870. The van der Waals surface area contributed by atoms with Crippen LogP contribution in [0.4, 0.5) is 4.39 Å². The molecule has 14 heavy (non-hydrogen) atoms. The van der Waals surface area contributed by atoms with E-state index in [2.05, 4.69) is 5.32 Å². The fourth-order valence-electron chi connectivity index (χ4n) is 0.992. The molecule has 0 saturated heterocycles. The largest absolute Gasteiger partial charge is 0.313 e. The quantitative estimate of drug-likeness (QED) is 0.645. The van der Waals surface area contributed by atoms with Crippen LogP contribution in [0.2, 0.25) is 10.0 Å². The third-order valence-corrected chi connectivity index (χ3v) is 2.25. The van der Waals surface area contributed by atoms with Crippen molar-refractivity contribution in [2.45, 2.75) is 0 Å². The number of nitrogens with one attached hydrogen (secondary N) is 1. The number of halogens is 3. The van der Waals surface area contributed by atoms with Gasteiger partial charge in [0.05, 0.1) is 16.6 Å². The highest BCUT2D eigenvalue weighted by Crippen LogP contribution is 2.24. The lowest BCUT2D eigenvalue weighted by Gasteiger charge is -2.04. The Morgan fingerprint density at radius 2 is 2.07 bits per heavy atom. The van der Waals surface area contributed by atoms with E-state index in [4.69, 9.17) is 23.2 Å². The summed E-state index contributed by atoms with van der Waals surface area (Å²) in [5, 5.41) is 2.74. The summed E-state index contributed by atoms with van der Waals surface area (Å²) in [5.74, 6) is -0.913. The first kappa shape index (κ1) is 11.4. The fraction of sp³-hybridized carbons (Fsp3) is 0.222. The van der Waals surface area contributed by atoms with Gasteiger partial charge in [0.25, 0.3) is 0 Å². The van der Waals surface area contributed by atoms with Gasteiger partial charge in [-0.15, -0.1) is 0 Å². The molecule has 0 radical (unpaired) electrons. The molecule has 0 aliphatic carbocycles. The molecule has 0 amide bonds. The summed E-state index contributed by atoms with van der Waals surface area (Å²) in [6.07, 6.45) is 0. The van der Waals surface area contributed by atoms with Crippen molar-refractivity contribution in [2.75, 3.05) is 13.6 Å². The summed E-state index contributed by atoms with van der Waals surface area (Å²) in [4.78, 5) is 11.4. The molecule has 0 bridgehead atoms. The summed E-state index contributed by atoms with van der Waals surface area (Å²) in [5.41, 5.74) is 0.142. The molecule has 0 unspecified atom stereocenters.